The van der Waals surface area contributed by atoms with Crippen molar-refractivity contribution in [2.24, 2.45) is 0 Å². The molecule has 1 aromatic rings. The van der Waals surface area contributed by atoms with E-state index in [-0.39, 0.29) is 6.61 Å². The lowest BCUT2D eigenvalue weighted by Gasteiger charge is -2.22. The van der Waals surface area contributed by atoms with Gasteiger partial charge in [0.15, 0.2) is 0 Å². The van der Waals surface area contributed by atoms with Crippen LogP contribution in [-0.4, -0.2) is 42.4 Å². The molecule has 1 N–H and O–H groups in total. The Morgan fingerprint density at radius 2 is 2.05 bits per heavy atom. The van der Waals surface area contributed by atoms with Crippen molar-refractivity contribution in [3.8, 4) is 11.8 Å². The Kier molecular flexibility index (Phi) is 6.94. The highest BCUT2D eigenvalue weighted by Crippen LogP contribution is 2.11. The first-order chi connectivity index (χ1) is 9.15. The molecule has 0 heterocycles. The standard InChI is InChI=1S/C15H22N2O2/c1-3-17(10-4-9-16)11-14(18)12-19-15-7-5-13(2)6-8-15/h5-8,14,18H,3-4,10-12H2,1-2H3. The van der Waals surface area contributed by atoms with Crippen LogP contribution in [0.25, 0.3) is 0 Å². The zero-order chi connectivity index (χ0) is 14.1. The maximum Gasteiger partial charge on any atom is 0.119 e. The number of rotatable bonds is 8. The maximum atomic E-state index is 9.92. The third-order valence-electron chi connectivity index (χ3n) is 2.92. The third-order valence-corrected chi connectivity index (χ3v) is 2.92. The number of nitrogens with zero attached hydrogens (tertiary/aromatic N) is 2. The van der Waals surface area contributed by atoms with Crippen molar-refractivity contribution in [2.45, 2.75) is 26.4 Å². The van der Waals surface area contributed by atoms with Gasteiger partial charge in [-0.15, -0.1) is 0 Å². The van der Waals surface area contributed by atoms with Gasteiger partial charge in [-0.3, -0.25) is 4.90 Å². The third kappa shape index (κ3) is 6.23. The molecule has 19 heavy (non-hydrogen) atoms. The summed E-state index contributed by atoms with van der Waals surface area (Å²) in [7, 11) is 0. The predicted molar refractivity (Wildman–Crippen MR) is 75.0 cm³/mol. The zero-order valence-corrected chi connectivity index (χ0v) is 11.7. The van der Waals surface area contributed by atoms with Gasteiger partial charge in [-0.25, -0.2) is 0 Å². The quantitative estimate of drug-likeness (QED) is 0.778. The van der Waals surface area contributed by atoms with Crippen LogP contribution < -0.4 is 4.74 Å². The first-order valence-corrected chi connectivity index (χ1v) is 6.62. The summed E-state index contributed by atoms with van der Waals surface area (Å²) in [4.78, 5) is 2.05. The lowest BCUT2D eigenvalue weighted by molar-refractivity contribution is 0.0706. The number of nitriles is 1. The SMILES string of the molecule is CCN(CCC#N)CC(O)COc1ccc(C)cc1. The van der Waals surface area contributed by atoms with E-state index in [0.29, 0.717) is 19.5 Å². The van der Waals surface area contributed by atoms with Crippen LogP contribution in [-0.2, 0) is 0 Å². The first kappa shape index (κ1) is 15.5. The molecule has 1 atom stereocenters. The van der Waals surface area contributed by atoms with Crippen LogP contribution in [0.3, 0.4) is 0 Å². The van der Waals surface area contributed by atoms with Gasteiger partial charge in [0.05, 0.1) is 6.07 Å². The summed E-state index contributed by atoms with van der Waals surface area (Å²) in [6, 6.07) is 9.87. The van der Waals surface area contributed by atoms with Crippen LogP contribution >= 0.6 is 0 Å². The van der Waals surface area contributed by atoms with E-state index in [2.05, 4.69) is 6.07 Å². The molecule has 0 aliphatic rings. The van der Waals surface area contributed by atoms with Crippen LogP contribution in [0.1, 0.15) is 18.9 Å². The molecule has 4 heteroatoms. The molecule has 0 aliphatic carbocycles. The second-order valence-corrected chi connectivity index (χ2v) is 4.58. The van der Waals surface area contributed by atoms with Gasteiger partial charge < -0.3 is 9.84 Å². The molecule has 0 fully saturated rings. The Labute approximate surface area is 115 Å². The molecule has 0 spiro atoms. The second-order valence-electron chi connectivity index (χ2n) is 4.58. The minimum atomic E-state index is -0.542. The average Bonchev–Trinajstić information content (AvgIpc) is 2.42. The molecule has 4 nitrogen and oxygen atoms in total. The molecule has 0 aliphatic heterocycles. The molecule has 0 aromatic heterocycles. The minimum absolute atomic E-state index is 0.270. The van der Waals surface area contributed by atoms with Gasteiger partial charge in [0.1, 0.15) is 18.5 Å². The summed E-state index contributed by atoms with van der Waals surface area (Å²) in [5.74, 6) is 0.768. The highest BCUT2D eigenvalue weighted by Gasteiger charge is 2.10. The molecule has 1 rings (SSSR count). The largest absolute Gasteiger partial charge is 0.491 e. The number of aryl methyl sites for hydroxylation is 1. The van der Waals surface area contributed by atoms with E-state index in [1.54, 1.807) is 0 Å². The summed E-state index contributed by atoms with van der Waals surface area (Å²) in [5.41, 5.74) is 1.18. The topological polar surface area (TPSA) is 56.5 Å². The Morgan fingerprint density at radius 3 is 2.63 bits per heavy atom. The number of ether oxygens (including phenoxy) is 1. The molecule has 0 saturated carbocycles. The maximum absolute atomic E-state index is 9.92. The molecule has 0 saturated heterocycles. The van der Waals surface area contributed by atoms with Crippen LogP contribution in [0.2, 0.25) is 0 Å². The Hall–Kier alpha value is -1.57. The van der Waals surface area contributed by atoms with Gasteiger partial charge in [-0.05, 0) is 25.6 Å². The van der Waals surface area contributed by atoms with Gasteiger partial charge in [-0.2, -0.15) is 5.26 Å². The molecular weight excluding hydrogens is 240 g/mol. The molecule has 0 amide bonds. The number of aliphatic hydroxyl groups excluding tert-OH is 1. The minimum Gasteiger partial charge on any atom is -0.491 e. The number of hydrogen-bond acceptors (Lipinski definition) is 4. The normalized spacial score (nSPS) is 12.2. The number of likely N-dealkylation sites (N-methyl/N-ethyl adjacent to an activating group) is 1. The highest BCUT2D eigenvalue weighted by molar-refractivity contribution is 5.26. The summed E-state index contributed by atoms with van der Waals surface area (Å²) in [5, 5.41) is 18.5. The van der Waals surface area contributed by atoms with Crippen molar-refractivity contribution < 1.29 is 9.84 Å². The Morgan fingerprint density at radius 1 is 1.37 bits per heavy atom. The predicted octanol–water partition coefficient (Wildman–Crippen LogP) is 1.97. The highest BCUT2D eigenvalue weighted by atomic mass is 16.5. The van der Waals surface area contributed by atoms with Crippen molar-refractivity contribution in [3.05, 3.63) is 29.8 Å². The fraction of sp³-hybridized carbons (Fsp3) is 0.533. The molecule has 104 valence electrons. The van der Waals surface area contributed by atoms with Crippen LogP contribution in [0, 0.1) is 18.3 Å². The van der Waals surface area contributed by atoms with E-state index < -0.39 is 6.10 Å². The lowest BCUT2D eigenvalue weighted by Crippen LogP contribution is -2.36. The van der Waals surface area contributed by atoms with E-state index >= 15 is 0 Å². The van der Waals surface area contributed by atoms with Crippen molar-refractivity contribution >= 4 is 0 Å². The second kappa shape index (κ2) is 8.52. The van der Waals surface area contributed by atoms with Crippen LogP contribution in [0.15, 0.2) is 24.3 Å². The fourth-order valence-corrected chi connectivity index (χ4v) is 1.76. The van der Waals surface area contributed by atoms with Crippen molar-refractivity contribution in [3.63, 3.8) is 0 Å². The van der Waals surface area contributed by atoms with E-state index in [1.807, 2.05) is 43.0 Å². The summed E-state index contributed by atoms with van der Waals surface area (Å²) in [6.45, 7) is 6.35. The van der Waals surface area contributed by atoms with Crippen molar-refractivity contribution in [1.29, 1.82) is 5.26 Å². The van der Waals surface area contributed by atoms with E-state index in [9.17, 15) is 5.11 Å². The monoisotopic (exact) mass is 262 g/mol. The van der Waals surface area contributed by atoms with Gasteiger partial charge in [0, 0.05) is 19.5 Å². The average molecular weight is 262 g/mol. The van der Waals surface area contributed by atoms with Gasteiger partial charge in [0.2, 0.25) is 0 Å². The molecular formula is C15H22N2O2. The summed E-state index contributed by atoms with van der Waals surface area (Å²) >= 11 is 0. The van der Waals surface area contributed by atoms with E-state index in [4.69, 9.17) is 10.00 Å². The molecule has 1 aromatic carbocycles. The lowest BCUT2D eigenvalue weighted by atomic mass is 10.2. The molecule has 1 unspecified atom stereocenters. The van der Waals surface area contributed by atoms with Crippen LogP contribution in [0.5, 0.6) is 5.75 Å². The van der Waals surface area contributed by atoms with E-state index in [0.717, 1.165) is 12.3 Å². The van der Waals surface area contributed by atoms with Gasteiger partial charge in [0.25, 0.3) is 0 Å². The van der Waals surface area contributed by atoms with E-state index in [1.165, 1.54) is 5.56 Å². The number of aliphatic hydroxyl groups is 1. The van der Waals surface area contributed by atoms with Gasteiger partial charge >= 0.3 is 0 Å². The fourth-order valence-electron chi connectivity index (χ4n) is 1.76. The number of hydrogen-bond donors (Lipinski definition) is 1. The Balaban J connectivity index is 2.32. The van der Waals surface area contributed by atoms with Crippen molar-refractivity contribution in [2.75, 3.05) is 26.2 Å². The first-order valence-electron chi connectivity index (χ1n) is 6.62. The smallest absolute Gasteiger partial charge is 0.119 e. The summed E-state index contributed by atoms with van der Waals surface area (Å²) < 4.78 is 5.53. The van der Waals surface area contributed by atoms with Gasteiger partial charge in [-0.1, -0.05) is 24.6 Å². The van der Waals surface area contributed by atoms with Crippen molar-refractivity contribution in [1.82, 2.24) is 4.90 Å². The number of benzene rings is 1. The zero-order valence-electron chi connectivity index (χ0n) is 11.7. The van der Waals surface area contributed by atoms with Crippen LogP contribution in [0.4, 0.5) is 0 Å². The summed E-state index contributed by atoms with van der Waals surface area (Å²) in [6.07, 6.45) is -0.0562. The Bertz CT molecular complexity index is 398. The molecule has 0 bridgehead atoms. The molecule has 0 radical (unpaired) electrons.